The molecule has 4 nitrogen and oxygen atoms in total. The maximum Gasteiger partial charge on any atom is 0.258 e. The lowest BCUT2D eigenvalue weighted by Crippen LogP contribution is -2.46. The van der Waals surface area contributed by atoms with Crippen molar-refractivity contribution in [3.05, 3.63) is 100 Å². The first-order valence-electron chi connectivity index (χ1n) is 11.4. The van der Waals surface area contributed by atoms with Gasteiger partial charge in [0.2, 0.25) is 5.95 Å². The van der Waals surface area contributed by atoms with Crippen molar-refractivity contribution in [2.75, 3.05) is 31.1 Å². The molecule has 0 N–H and O–H groups in total. The van der Waals surface area contributed by atoms with E-state index in [1.165, 1.54) is 24.4 Å². The van der Waals surface area contributed by atoms with Crippen molar-refractivity contribution in [2.24, 2.45) is 0 Å². The zero-order valence-electron chi connectivity index (χ0n) is 18.9. The third kappa shape index (κ3) is 4.70. The Morgan fingerprint density at radius 3 is 2.60 bits per heavy atom. The van der Waals surface area contributed by atoms with Gasteiger partial charge in [-0.1, -0.05) is 23.8 Å². The molecule has 2 aliphatic rings. The van der Waals surface area contributed by atoms with E-state index in [9.17, 15) is 18.0 Å². The molecular weight excluding hydrogens is 475 g/mol. The fraction of sp³-hybridized carbons (Fsp3) is 0.259. The Hall–Kier alpha value is -3.16. The van der Waals surface area contributed by atoms with Gasteiger partial charge >= 0.3 is 0 Å². The number of carbonyl (C=O) groups is 1. The molecule has 3 aromatic rings. The zero-order chi connectivity index (χ0) is 24.6. The van der Waals surface area contributed by atoms with Gasteiger partial charge in [-0.15, -0.1) is 0 Å². The van der Waals surface area contributed by atoms with E-state index in [0.29, 0.717) is 23.7 Å². The van der Waals surface area contributed by atoms with E-state index in [2.05, 4.69) is 9.88 Å². The Bertz CT molecular complexity index is 1300. The van der Waals surface area contributed by atoms with Gasteiger partial charge in [-0.05, 0) is 67.9 Å². The average molecular weight is 498 g/mol. The Morgan fingerprint density at radius 2 is 1.86 bits per heavy atom. The normalized spacial score (nSPS) is 17.3. The summed E-state index contributed by atoms with van der Waals surface area (Å²) >= 11 is 6.33. The van der Waals surface area contributed by atoms with Gasteiger partial charge in [0.05, 0.1) is 0 Å². The molecule has 0 radical (unpaired) electrons. The van der Waals surface area contributed by atoms with E-state index >= 15 is 0 Å². The number of piperidine rings is 1. The molecule has 8 heteroatoms. The number of anilines is 1. The third-order valence-corrected chi connectivity index (χ3v) is 7.17. The lowest BCUT2D eigenvalue weighted by atomic mass is 9.74. The Morgan fingerprint density at radius 1 is 1.06 bits per heavy atom. The second-order valence-corrected chi connectivity index (χ2v) is 9.51. The molecule has 2 aromatic carbocycles. The van der Waals surface area contributed by atoms with Crippen molar-refractivity contribution in [3.8, 4) is 0 Å². The number of nitrogens with zero attached hydrogens (tertiary/aromatic N) is 3. The summed E-state index contributed by atoms with van der Waals surface area (Å²) in [6.07, 6.45) is 6.46. The van der Waals surface area contributed by atoms with Crippen LogP contribution in [0.2, 0.25) is 5.02 Å². The summed E-state index contributed by atoms with van der Waals surface area (Å²) in [5, 5.41) is 0.610. The van der Waals surface area contributed by atoms with E-state index in [0.717, 1.165) is 49.3 Å². The van der Waals surface area contributed by atoms with Crippen LogP contribution in [-0.2, 0) is 5.41 Å². The van der Waals surface area contributed by atoms with Crippen molar-refractivity contribution in [1.82, 2.24) is 9.88 Å². The highest BCUT2D eigenvalue weighted by atomic mass is 35.5. The fourth-order valence-corrected chi connectivity index (χ4v) is 5.24. The standard InChI is InChI=1S/C27H23ClF3N3O/c28-20-4-6-24-22(15-20)27(17-34(24)26(35)19-7-10-32-25(31)14-19)8-12-33(13-9-27)11-1-2-18-3-5-21(29)16-23(18)30/h1-7,10,14-16H,8-9,11-13,17H2/b2-1+. The molecule has 35 heavy (non-hydrogen) atoms. The van der Waals surface area contributed by atoms with Crippen molar-refractivity contribution in [1.29, 1.82) is 0 Å². The average Bonchev–Trinajstić information content (AvgIpc) is 3.14. The summed E-state index contributed by atoms with van der Waals surface area (Å²) in [7, 11) is 0. The minimum absolute atomic E-state index is 0.245. The van der Waals surface area contributed by atoms with E-state index in [4.69, 9.17) is 11.6 Å². The number of benzene rings is 2. The molecule has 1 amide bonds. The Labute approximate surface area is 206 Å². The van der Waals surface area contributed by atoms with Gasteiger partial charge in [0, 0.05) is 58.7 Å². The van der Waals surface area contributed by atoms with E-state index in [1.807, 2.05) is 18.2 Å². The summed E-state index contributed by atoms with van der Waals surface area (Å²) in [6.45, 7) is 2.70. The molecule has 2 aliphatic heterocycles. The molecule has 3 heterocycles. The minimum atomic E-state index is -0.692. The molecule has 1 fully saturated rings. The monoisotopic (exact) mass is 497 g/mol. The number of pyridine rings is 1. The minimum Gasteiger partial charge on any atom is -0.307 e. The molecule has 1 aromatic heterocycles. The Balaban J connectivity index is 1.31. The van der Waals surface area contributed by atoms with Crippen LogP contribution in [0.4, 0.5) is 18.9 Å². The van der Waals surface area contributed by atoms with Gasteiger partial charge in [-0.2, -0.15) is 4.39 Å². The predicted molar refractivity (Wildman–Crippen MR) is 130 cm³/mol. The summed E-state index contributed by atoms with van der Waals surface area (Å²) in [5.74, 6) is -2.14. The van der Waals surface area contributed by atoms with Crippen LogP contribution >= 0.6 is 11.6 Å². The van der Waals surface area contributed by atoms with Crippen LogP contribution in [0.5, 0.6) is 0 Å². The smallest absolute Gasteiger partial charge is 0.258 e. The van der Waals surface area contributed by atoms with E-state index < -0.39 is 17.6 Å². The van der Waals surface area contributed by atoms with Gasteiger partial charge in [-0.3, -0.25) is 9.69 Å². The summed E-state index contributed by atoms with van der Waals surface area (Å²) in [4.78, 5) is 20.8. The maximum atomic E-state index is 13.9. The van der Waals surface area contributed by atoms with Crippen LogP contribution in [0.3, 0.4) is 0 Å². The van der Waals surface area contributed by atoms with Crippen molar-refractivity contribution >= 4 is 29.3 Å². The second kappa shape index (κ2) is 9.47. The number of rotatable bonds is 4. The highest BCUT2D eigenvalue weighted by Gasteiger charge is 2.46. The van der Waals surface area contributed by atoms with Gasteiger partial charge in [0.25, 0.3) is 5.91 Å². The lowest BCUT2D eigenvalue weighted by Gasteiger charge is -2.39. The summed E-state index contributed by atoms with van der Waals surface area (Å²) < 4.78 is 40.6. The quantitative estimate of drug-likeness (QED) is 0.424. The molecule has 0 unspecified atom stereocenters. The van der Waals surface area contributed by atoms with Gasteiger partial charge in [0.15, 0.2) is 0 Å². The van der Waals surface area contributed by atoms with Crippen LogP contribution in [0, 0.1) is 17.6 Å². The molecule has 0 bridgehead atoms. The van der Waals surface area contributed by atoms with Gasteiger partial charge < -0.3 is 4.90 Å². The zero-order valence-corrected chi connectivity index (χ0v) is 19.6. The molecule has 0 atom stereocenters. The second-order valence-electron chi connectivity index (χ2n) is 9.07. The van der Waals surface area contributed by atoms with E-state index in [-0.39, 0.29) is 16.9 Å². The number of amides is 1. The SMILES string of the molecule is O=C(c1ccnc(F)c1)N1CC2(CCN(C/C=C/c3ccc(F)cc3F)CC2)c2cc(Cl)ccc21. The first-order valence-corrected chi connectivity index (χ1v) is 11.8. The number of likely N-dealkylation sites (tertiary alicyclic amines) is 1. The van der Waals surface area contributed by atoms with Crippen LogP contribution < -0.4 is 4.90 Å². The largest absolute Gasteiger partial charge is 0.307 e. The molecule has 0 aliphatic carbocycles. The number of halogens is 4. The molecule has 1 saturated heterocycles. The van der Waals surface area contributed by atoms with Crippen LogP contribution in [-0.4, -0.2) is 42.0 Å². The molecular formula is C27H23ClF3N3O. The number of hydrogen-bond acceptors (Lipinski definition) is 3. The first-order chi connectivity index (χ1) is 16.8. The van der Waals surface area contributed by atoms with Crippen LogP contribution in [0.25, 0.3) is 6.08 Å². The van der Waals surface area contributed by atoms with Gasteiger partial charge in [-0.25, -0.2) is 13.8 Å². The number of aromatic nitrogens is 1. The fourth-order valence-electron chi connectivity index (χ4n) is 5.07. The van der Waals surface area contributed by atoms with Gasteiger partial charge in [0.1, 0.15) is 11.6 Å². The van der Waals surface area contributed by atoms with Crippen molar-refractivity contribution < 1.29 is 18.0 Å². The van der Waals surface area contributed by atoms with Crippen molar-refractivity contribution in [2.45, 2.75) is 18.3 Å². The summed E-state index contributed by atoms with van der Waals surface area (Å²) in [6, 6.07) is 11.8. The molecule has 5 rings (SSSR count). The Kier molecular flexibility index (Phi) is 6.38. The maximum absolute atomic E-state index is 13.9. The molecule has 180 valence electrons. The van der Waals surface area contributed by atoms with Crippen LogP contribution in [0.15, 0.2) is 60.8 Å². The summed E-state index contributed by atoms with van der Waals surface area (Å²) in [5.41, 5.74) is 2.20. The predicted octanol–water partition coefficient (Wildman–Crippen LogP) is 5.86. The third-order valence-electron chi connectivity index (χ3n) is 6.94. The van der Waals surface area contributed by atoms with Crippen LogP contribution in [0.1, 0.15) is 34.3 Å². The highest BCUT2D eigenvalue weighted by molar-refractivity contribution is 6.30. The topological polar surface area (TPSA) is 36.4 Å². The highest BCUT2D eigenvalue weighted by Crippen LogP contribution is 2.48. The lowest BCUT2D eigenvalue weighted by molar-refractivity contribution is 0.0977. The molecule has 1 spiro atoms. The van der Waals surface area contributed by atoms with Crippen molar-refractivity contribution in [3.63, 3.8) is 0 Å². The molecule has 0 saturated carbocycles. The number of fused-ring (bicyclic) bond motifs is 2. The van der Waals surface area contributed by atoms with E-state index in [1.54, 1.807) is 17.0 Å². The first kappa shape index (κ1) is 23.6. The number of hydrogen-bond donors (Lipinski definition) is 0. The number of carbonyl (C=O) groups excluding carboxylic acids is 1.